The molecule has 24 heavy (non-hydrogen) atoms. The molecule has 0 bridgehead atoms. The molecule has 2 aromatic heterocycles. The fraction of sp³-hybridized carbons (Fsp3) is 0.294. The van der Waals surface area contributed by atoms with Crippen molar-refractivity contribution in [2.45, 2.75) is 23.8 Å². The average Bonchev–Trinajstić information content (AvgIpc) is 3.31. The Morgan fingerprint density at radius 2 is 2.17 bits per heavy atom. The summed E-state index contributed by atoms with van der Waals surface area (Å²) in [6.45, 7) is 0.724. The molecular weight excluding hydrogens is 329 g/mol. The van der Waals surface area contributed by atoms with Gasteiger partial charge in [-0.15, -0.1) is 0 Å². The smallest absolute Gasteiger partial charge is 0.322 e. The maximum Gasteiger partial charge on any atom is 0.322 e. The van der Waals surface area contributed by atoms with Crippen molar-refractivity contribution in [3.05, 3.63) is 48.0 Å². The summed E-state index contributed by atoms with van der Waals surface area (Å²) in [7, 11) is 0. The minimum absolute atomic E-state index is 0.225. The van der Waals surface area contributed by atoms with Crippen molar-refractivity contribution in [1.82, 2.24) is 15.0 Å². The number of halogens is 1. The Balaban J connectivity index is 1.47. The molecule has 1 atom stereocenters. The Morgan fingerprint density at radius 1 is 1.29 bits per heavy atom. The summed E-state index contributed by atoms with van der Waals surface area (Å²) in [5.41, 5.74) is 1.80. The van der Waals surface area contributed by atoms with E-state index in [2.05, 4.69) is 15.0 Å². The van der Waals surface area contributed by atoms with E-state index in [1.54, 1.807) is 18.3 Å². The minimum Gasteiger partial charge on any atom is -0.609 e. The van der Waals surface area contributed by atoms with Gasteiger partial charge in [-0.3, -0.25) is 9.97 Å². The van der Waals surface area contributed by atoms with Crippen LogP contribution in [0, 0.1) is 11.7 Å². The lowest BCUT2D eigenvalue weighted by Crippen LogP contribution is -2.08. The monoisotopic (exact) mass is 345 g/mol. The van der Waals surface area contributed by atoms with E-state index < -0.39 is 11.2 Å². The van der Waals surface area contributed by atoms with E-state index in [1.807, 2.05) is 6.07 Å². The molecule has 1 N–H and O–H groups in total. The molecule has 0 aliphatic heterocycles. The van der Waals surface area contributed by atoms with Gasteiger partial charge >= 0.3 is 5.16 Å². The first-order valence-corrected chi connectivity index (χ1v) is 9.10. The molecular formula is C17H16FN3O2S. The summed E-state index contributed by atoms with van der Waals surface area (Å²) >= 11 is -1.39. The summed E-state index contributed by atoms with van der Waals surface area (Å²) in [5, 5.41) is 0.321. The van der Waals surface area contributed by atoms with Crippen LogP contribution in [0.4, 0.5) is 4.39 Å². The Kier molecular flexibility index (Phi) is 4.12. The number of fused-ring (bicyclic) bond motifs is 1. The third kappa shape index (κ3) is 3.52. The molecule has 1 fully saturated rings. The molecule has 1 aliphatic carbocycles. The molecule has 0 amide bonds. The van der Waals surface area contributed by atoms with E-state index >= 15 is 0 Å². The van der Waals surface area contributed by atoms with Gasteiger partial charge in [0.2, 0.25) is 0 Å². The number of aromatic amines is 1. The fourth-order valence-electron chi connectivity index (χ4n) is 2.39. The second-order valence-electron chi connectivity index (χ2n) is 5.93. The van der Waals surface area contributed by atoms with Gasteiger partial charge < -0.3 is 9.29 Å². The molecule has 5 nitrogen and oxygen atoms in total. The van der Waals surface area contributed by atoms with Crippen molar-refractivity contribution in [2.75, 3.05) is 6.61 Å². The van der Waals surface area contributed by atoms with Crippen molar-refractivity contribution in [3.63, 3.8) is 0 Å². The van der Waals surface area contributed by atoms with Gasteiger partial charge in [0.05, 0.1) is 23.3 Å². The number of rotatable bonds is 6. The van der Waals surface area contributed by atoms with Crippen LogP contribution in [0.15, 0.2) is 41.7 Å². The molecule has 0 spiro atoms. The molecule has 0 saturated heterocycles. The van der Waals surface area contributed by atoms with Crippen molar-refractivity contribution < 1.29 is 13.7 Å². The largest absolute Gasteiger partial charge is 0.609 e. The molecule has 1 aliphatic rings. The minimum atomic E-state index is -1.39. The second kappa shape index (κ2) is 6.41. The van der Waals surface area contributed by atoms with Crippen molar-refractivity contribution >= 4 is 22.2 Å². The molecule has 7 heteroatoms. The van der Waals surface area contributed by atoms with Crippen molar-refractivity contribution in [2.24, 2.45) is 5.92 Å². The number of pyridine rings is 1. The van der Waals surface area contributed by atoms with Gasteiger partial charge in [0, 0.05) is 29.5 Å². The Bertz CT molecular complexity index is 866. The highest BCUT2D eigenvalue weighted by atomic mass is 32.2. The Labute approximate surface area is 141 Å². The lowest BCUT2D eigenvalue weighted by atomic mass is 10.3. The molecule has 1 unspecified atom stereocenters. The van der Waals surface area contributed by atoms with Crippen LogP contribution in [0.1, 0.15) is 18.5 Å². The van der Waals surface area contributed by atoms with Gasteiger partial charge in [-0.05, 0) is 37.0 Å². The molecule has 1 saturated carbocycles. The zero-order chi connectivity index (χ0) is 16.5. The van der Waals surface area contributed by atoms with Crippen LogP contribution in [0.3, 0.4) is 0 Å². The first-order valence-electron chi connectivity index (χ1n) is 7.79. The molecule has 2 heterocycles. The average molecular weight is 345 g/mol. The third-order valence-electron chi connectivity index (χ3n) is 3.89. The molecule has 124 valence electrons. The van der Waals surface area contributed by atoms with Crippen LogP contribution in [-0.2, 0) is 16.9 Å². The van der Waals surface area contributed by atoms with Crippen LogP contribution >= 0.6 is 0 Å². The highest BCUT2D eigenvalue weighted by Crippen LogP contribution is 2.29. The van der Waals surface area contributed by atoms with Gasteiger partial charge in [0.25, 0.3) is 0 Å². The van der Waals surface area contributed by atoms with Crippen LogP contribution in [0.25, 0.3) is 11.0 Å². The molecule has 4 rings (SSSR count). The summed E-state index contributed by atoms with van der Waals surface area (Å²) in [6, 6.07) is 7.86. The van der Waals surface area contributed by atoms with Crippen LogP contribution in [0.2, 0.25) is 0 Å². The van der Waals surface area contributed by atoms with Crippen molar-refractivity contribution in [1.29, 1.82) is 0 Å². The number of imidazole rings is 1. The third-order valence-corrected chi connectivity index (χ3v) is 5.07. The van der Waals surface area contributed by atoms with E-state index in [1.165, 1.54) is 25.0 Å². The van der Waals surface area contributed by atoms with Gasteiger partial charge in [0.1, 0.15) is 11.6 Å². The van der Waals surface area contributed by atoms with E-state index in [-0.39, 0.29) is 11.6 Å². The zero-order valence-electron chi connectivity index (χ0n) is 12.9. The number of H-pyrrole nitrogens is 1. The highest BCUT2D eigenvalue weighted by molar-refractivity contribution is 7.90. The summed E-state index contributed by atoms with van der Waals surface area (Å²) in [4.78, 5) is 11.4. The summed E-state index contributed by atoms with van der Waals surface area (Å²) < 4.78 is 31.4. The number of hydrogen-bond acceptors (Lipinski definition) is 4. The van der Waals surface area contributed by atoms with Gasteiger partial charge in [0.15, 0.2) is 5.75 Å². The van der Waals surface area contributed by atoms with E-state index in [9.17, 15) is 8.94 Å². The predicted molar refractivity (Wildman–Crippen MR) is 88.6 cm³/mol. The second-order valence-corrected chi connectivity index (χ2v) is 7.30. The van der Waals surface area contributed by atoms with Crippen molar-refractivity contribution in [3.8, 4) is 5.75 Å². The van der Waals surface area contributed by atoms with Gasteiger partial charge in [-0.25, -0.2) is 4.39 Å². The number of hydrogen-bond donors (Lipinski definition) is 1. The topological polar surface area (TPSA) is 73.9 Å². The zero-order valence-corrected chi connectivity index (χ0v) is 13.7. The van der Waals surface area contributed by atoms with E-state index in [4.69, 9.17) is 4.74 Å². The number of benzene rings is 1. The first-order chi connectivity index (χ1) is 11.7. The Morgan fingerprint density at radius 3 is 3.00 bits per heavy atom. The Hall–Kier alpha value is -2.12. The summed E-state index contributed by atoms with van der Waals surface area (Å²) in [5.74, 6) is 1.28. The maximum absolute atomic E-state index is 13.2. The fourth-order valence-corrected chi connectivity index (χ4v) is 3.38. The number of nitrogens with zero attached hydrogens (tertiary/aromatic N) is 2. The predicted octanol–water partition coefficient (Wildman–Crippen LogP) is 3.19. The maximum atomic E-state index is 13.2. The number of aromatic nitrogens is 3. The first kappa shape index (κ1) is 15.4. The van der Waals surface area contributed by atoms with E-state index in [0.717, 1.165) is 12.4 Å². The normalized spacial score (nSPS) is 15.6. The quantitative estimate of drug-likeness (QED) is 0.696. The van der Waals surface area contributed by atoms with Gasteiger partial charge in [-0.2, -0.15) is 4.98 Å². The lowest BCUT2D eigenvalue weighted by molar-refractivity contribution is 0.299. The van der Waals surface area contributed by atoms with Crippen LogP contribution in [0.5, 0.6) is 5.75 Å². The van der Waals surface area contributed by atoms with Gasteiger partial charge in [-0.1, -0.05) is 0 Å². The molecule has 3 aromatic rings. The van der Waals surface area contributed by atoms with Crippen LogP contribution < -0.4 is 4.74 Å². The van der Waals surface area contributed by atoms with Crippen LogP contribution in [-0.4, -0.2) is 26.1 Å². The SMILES string of the molecule is [O-][S+](Cc1cc(OCC2CC2)ccn1)c1nc2cc(F)ccc2[nH]1. The number of nitrogens with one attached hydrogen (secondary N) is 1. The summed E-state index contributed by atoms with van der Waals surface area (Å²) in [6.07, 6.45) is 4.12. The van der Waals surface area contributed by atoms with E-state index in [0.29, 0.717) is 27.8 Å². The number of ether oxygens (including phenoxy) is 1. The lowest BCUT2D eigenvalue weighted by Gasteiger charge is -2.08. The molecule has 1 aromatic carbocycles. The molecule has 0 radical (unpaired) electrons. The standard InChI is InChI=1S/C17H16FN3O2S/c18-12-3-4-15-16(7-12)21-17(20-15)24(22)10-13-8-14(5-6-19-13)23-9-11-1-2-11/h3-8,11H,1-2,9-10H2,(H,20,21). The highest BCUT2D eigenvalue weighted by Gasteiger charge is 2.22.